The zero-order valence-corrected chi connectivity index (χ0v) is 14.8. The molecule has 0 heteroatoms. The van der Waals surface area contributed by atoms with E-state index in [9.17, 15) is 0 Å². The molecule has 0 bridgehead atoms. The van der Waals surface area contributed by atoms with Crippen LogP contribution >= 0.6 is 0 Å². The highest BCUT2D eigenvalue weighted by molar-refractivity contribution is 5.06. The van der Waals surface area contributed by atoms with Crippen molar-refractivity contribution < 1.29 is 0 Å². The van der Waals surface area contributed by atoms with Gasteiger partial charge in [-0.25, -0.2) is 0 Å². The fourth-order valence-electron chi connectivity index (χ4n) is 5.59. The topological polar surface area (TPSA) is 0 Å². The molecule has 0 radical (unpaired) electrons. The maximum absolute atomic E-state index is 2.63. The van der Waals surface area contributed by atoms with Crippen LogP contribution in [0.25, 0.3) is 0 Å². The Morgan fingerprint density at radius 1 is 1.15 bits per heavy atom. The van der Waals surface area contributed by atoms with Crippen molar-refractivity contribution in [3.05, 3.63) is 11.6 Å². The van der Waals surface area contributed by atoms with E-state index in [-0.39, 0.29) is 0 Å². The molecule has 0 spiro atoms. The monoisotopic (exact) mass is 276 g/mol. The van der Waals surface area contributed by atoms with Gasteiger partial charge in [-0.05, 0) is 67.6 Å². The molecule has 2 aliphatic carbocycles. The van der Waals surface area contributed by atoms with E-state index in [4.69, 9.17) is 0 Å². The lowest BCUT2D eigenvalue weighted by atomic mass is 9.46. The van der Waals surface area contributed by atoms with Crippen LogP contribution in [-0.4, -0.2) is 0 Å². The molecular formula is C20H36. The lowest BCUT2D eigenvalue weighted by Gasteiger charge is -2.59. The minimum atomic E-state index is 0.564. The Morgan fingerprint density at radius 2 is 1.85 bits per heavy atom. The summed E-state index contributed by atoms with van der Waals surface area (Å²) in [4.78, 5) is 0. The molecular weight excluding hydrogens is 240 g/mol. The minimum Gasteiger partial charge on any atom is -0.0853 e. The van der Waals surface area contributed by atoms with Crippen LogP contribution in [0, 0.1) is 28.6 Å². The van der Waals surface area contributed by atoms with E-state index in [1.54, 1.807) is 5.57 Å². The molecule has 0 nitrogen and oxygen atoms in total. The van der Waals surface area contributed by atoms with E-state index >= 15 is 0 Å². The van der Waals surface area contributed by atoms with E-state index in [2.05, 4.69) is 47.6 Å². The van der Waals surface area contributed by atoms with Gasteiger partial charge in [-0.2, -0.15) is 0 Å². The van der Waals surface area contributed by atoms with Crippen LogP contribution in [0.15, 0.2) is 11.6 Å². The first kappa shape index (κ1) is 16.1. The number of fused-ring (bicyclic) bond motifs is 1. The smallest absolute Gasteiger partial charge is 0.0259 e. The van der Waals surface area contributed by atoms with Crippen molar-refractivity contribution in [3.8, 4) is 0 Å². The third-order valence-corrected chi connectivity index (χ3v) is 7.00. The van der Waals surface area contributed by atoms with E-state index in [1.807, 2.05) is 0 Å². The van der Waals surface area contributed by atoms with Crippen LogP contribution < -0.4 is 0 Å². The number of hydrogen-bond donors (Lipinski definition) is 0. The Morgan fingerprint density at radius 3 is 2.50 bits per heavy atom. The van der Waals surface area contributed by atoms with Crippen LogP contribution in [0.4, 0.5) is 0 Å². The Balaban J connectivity index is 2.24. The summed E-state index contributed by atoms with van der Waals surface area (Å²) in [5.74, 6) is 2.76. The summed E-state index contributed by atoms with van der Waals surface area (Å²) in [7, 11) is 0. The fraction of sp³-hybridized carbons (Fsp3) is 0.900. The molecule has 2 saturated carbocycles. The van der Waals surface area contributed by atoms with Crippen molar-refractivity contribution in [2.45, 2.75) is 86.5 Å². The Hall–Kier alpha value is -0.260. The normalized spacial score (nSPS) is 41.3. The van der Waals surface area contributed by atoms with Crippen molar-refractivity contribution in [1.82, 2.24) is 0 Å². The molecule has 0 saturated heterocycles. The van der Waals surface area contributed by atoms with Gasteiger partial charge in [0.15, 0.2) is 0 Å². The maximum atomic E-state index is 2.63. The quantitative estimate of drug-likeness (QED) is 0.509. The predicted octanol–water partition coefficient (Wildman–Crippen LogP) is 6.61. The van der Waals surface area contributed by atoms with E-state index in [1.165, 1.54) is 44.9 Å². The van der Waals surface area contributed by atoms with E-state index in [0.717, 1.165) is 17.8 Å². The summed E-state index contributed by atoms with van der Waals surface area (Å²) in [5.41, 5.74) is 2.73. The number of hydrogen-bond acceptors (Lipinski definition) is 0. The highest BCUT2D eigenvalue weighted by atomic mass is 14.6. The number of allylic oxidation sites excluding steroid dienone is 2. The average Bonchev–Trinajstić information content (AvgIpc) is 2.36. The minimum absolute atomic E-state index is 0.564. The summed E-state index contributed by atoms with van der Waals surface area (Å²) >= 11 is 0. The Bertz CT molecular complexity index is 362. The second-order valence-corrected chi connectivity index (χ2v) is 8.70. The predicted molar refractivity (Wildman–Crippen MR) is 89.8 cm³/mol. The zero-order valence-electron chi connectivity index (χ0n) is 14.8. The highest BCUT2D eigenvalue weighted by Gasteiger charge is 2.53. The molecule has 2 rings (SSSR count). The largest absolute Gasteiger partial charge is 0.0853 e. The molecule has 0 aliphatic heterocycles. The van der Waals surface area contributed by atoms with Gasteiger partial charge in [0.25, 0.3) is 0 Å². The molecule has 0 aromatic carbocycles. The van der Waals surface area contributed by atoms with Crippen LogP contribution in [-0.2, 0) is 0 Å². The molecule has 0 aromatic rings. The molecule has 0 amide bonds. The van der Waals surface area contributed by atoms with Crippen molar-refractivity contribution in [2.24, 2.45) is 28.6 Å². The van der Waals surface area contributed by atoms with Gasteiger partial charge in [-0.1, -0.05) is 59.1 Å². The first-order chi connectivity index (χ1) is 9.31. The second-order valence-electron chi connectivity index (χ2n) is 8.70. The first-order valence-corrected chi connectivity index (χ1v) is 8.97. The number of rotatable bonds is 3. The van der Waals surface area contributed by atoms with Crippen LogP contribution in [0.2, 0.25) is 0 Å². The summed E-state index contributed by atoms with van der Waals surface area (Å²) in [6.07, 6.45) is 12.4. The van der Waals surface area contributed by atoms with Crippen molar-refractivity contribution in [3.63, 3.8) is 0 Å². The van der Waals surface area contributed by atoms with Gasteiger partial charge in [0.1, 0.15) is 0 Å². The molecule has 4 atom stereocenters. The third kappa shape index (κ3) is 2.85. The van der Waals surface area contributed by atoms with Gasteiger partial charge in [-0.15, -0.1) is 0 Å². The third-order valence-electron chi connectivity index (χ3n) is 7.00. The van der Waals surface area contributed by atoms with Gasteiger partial charge in [-0.3, -0.25) is 0 Å². The lowest BCUT2D eigenvalue weighted by molar-refractivity contribution is -0.0922. The van der Waals surface area contributed by atoms with Gasteiger partial charge >= 0.3 is 0 Å². The van der Waals surface area contributed by atoms with Crippen molar-refractivity contribution in [2.75, 3.05) is 0 Å². The highest BCUT2D eigenvalue weighted by Crippen LogP contribution is 2.61. The van der Waals surface area contributed by atoms with Crippen LogP contribution in [0.3, 0.4) is 0 Å². The van der Waals surface area contributed by atoms with Gasteiger partial charge in [0.05, 0.1) is 0 Å². The average molecular weight is 277 g/mol. The van der Waals surface area contributed by atoms with Gasteiger partial charge in [0, 0.05) is 0 Å². The summed E-state index contributed by atoms with van der Waals surface area (Å²) in [6.45, 7) is 14.8. The van der Waals surface area contributed by atoms with E-state index < -0.39 is 0 Å². The maximum Gasteiger partial charge on any atom is -0.0259 e. The molecule has 2 fully saturated rings. The zero-order chi connectivity index (χ0) is 15.0. The SMILES string of the molecule is CC/C(C)=C\CC1C(C)CCC2C(C)(C)CCCC12C. The van der Waals surface area contributed by atoms with Gasteiger partial charge in [0.2, 0.25) is 0 Å². The van der Waals surface area contributed by atoms with E-state index in [0.29, 0.717) is 10.8 Å². The molecule has 0 aromatic heterocycles. The molecule has 0 N–H and O–H groups in total. The Labute approximate surface area is 127 Å². The summed E-state index contributed by atoms with van der Waals surface area (Å²) in [6, 6.07) is 0. The second kappa shape index (κ2) is 5.85. The fourth-order valence-corrected chi connectivity index (χ4v) is 5.59. The Kier molecular flexibility index (Phi) is 4.72. The van der Waals surface area contributed by atoms with Gasteiger partial charge < -0.3 is 0 Å². The molecule has 4 unspecified atom stereocenters. The van der Waals surface area contributed by atoms with Crippen LogP contribution in [0.1, 0.15) is 86.5 Å². The van der Waals surface area contributed by atoms with Crippen LogP contribution in [0.5, 0.6) is 0 Å². The molecule has 2 aliphatic rings. The standard InChI is InChI=1S/C20H36/c1-7-15(2)9-11-17-16(3)10-12-18-19(4,5)13-8-14-20(17,18)6/h9,16-18H,7-8,10-14H2,1-6H3/b15-9-. The lowest BCUT2D eigenvalue weighted by Crippen LogP contribution is -2.51. The first-order valence-electron chi connectivity index (χ1n) is 8.97. The molecule has 116 valence electrons. The summed E-state index contributed by atoms with van der Waals surface area (Å²) in [5, 5.41) is 0. The van der Waals surface area contributed by atoms with Crippen molar-refractivity contribution >= 4 is 0 Å². The molecule has 20 heavy (non-hydrogen) atoms. The molecule has 0 heterocycles. The van der Waals surface area contributed by atoms with Crippen molar-refractivity contribution in [1.29, 1.82) is 0 Å². The summed E-state index contributed by atoms with van der Waals surface area (Å²) < 4.78 is 0.